The Balaban J connectivity index is 2.34. The number of nitro benzene ring substituents is 1. The lowest BCUT2D eigenvalue weighted by molar-refractivity contribution is -0.686. The molecule has 0 fully saturated rings. The fraction of sp³-hybridized carbons (Fsp3) is 0.571. The van der Waals surface area contributed by atoms with Crippen LogP contribution in [0, 0.1) is 17.0 Å². The summed E-state index contributed by atoms with van der Waals surface area (Å²) in [6, 6.07) is 5.53. The maximum Gasteiger partial charge on any atom is 0.272 e. The quantitative estimate of drug-likeness (QED) is 0.445. The highest BCUT2D eigenvalue weighted by Crippen LogP contribution is 2.22. The molecule has 5 nitrogen and oxygen atoms in total. The third kappa shape index (κ3) is 5.26. The third-order valence-electron chi connectivity index (χ3n) is 3.20. The lowest BCUT2D eigenvalue weighted by atomic mass is 10.2. The molecule has 0 aliphatic rings. The summed E-state index contributed by atoms with van der Waals surface area (Å²) in [4.78, 5) is 10.3. The van der Waals surface area contributed by atoms with Crippen molar-refractivity contribution in [1.29, 1.82) is 0 Å². The normalized spacial score (nSPS) is 12.2. The first-order valence-electron chi connectivity index (χ1n) is 6.75. The van der Waals surface area contributed by atoms with E-state index >= 15 is 0 Å². The molecule has 0 saturated carbocycles. The predicted octanol–water partition coefficient (Wildman–Crippen LogP) is 2.03. The number of hydrogen-bond acceptors (Lipinski definition) is 3. The van der Waals surface area contributed by atoms with Gasteiger partial charge in [0, 0.05) is 18.1 Å². The highest BCUT2D eigenvalue weighted by Gasteiger charge is 2.10. The van der Waals surface area contributed by atoms with Gasteiger partial charge in [-0.1, -0.05) is 6.92 Å². The van der Waals surface area contributed by atoms with Gasteiger partial charge in [0.05, 0.1) is 24.1 Å². The Morgan fingerprint density at radius 2 is 2.21 bits per heavy atom. The van der Waals surface area contributed by atoms with Gasteiger partial charge in [-0.2, -0.15) is 0 Å². The van der Waals surface area contributed by atoms with Gasteiger partial charge in [0.25, 0.3) is 5.69 Å². The average Bonchev–Trinajstić information content (AvgIpc) is 2.37. The maximum absolute atomic E-state index is 10.7. The smallest absolute Gasteiger partial charge is 0.272 e. The largest absolute Gasteiger partial charge is 0.493 e. The minimum absolute atomic E-state index is 0.137. The molecule has 1 aromatic carbocycles. The second-order valence-electron chi connectivity index (χ2n) is 4.82. The molecule has 0 heterocycles. The summed E-state index contributed by atoms with van der Waals surface area (Å²) in [6.07, 6.45) is 2.14. The highest BCUT2D eigenvalue weighted by atomic mass is 16.6. The predicted molar refractivity (Wildman–Crippen MR) is 74.5 cm³/mol. The molecule has 19 heavy (non-hydrogen) atoms. The number of nitrogens with zero attached hydrogens (tertiary/aromatic N) is 1. The third-order valence-corrected chi connectivity index (χ3v) is 3.20. The van der Waals surface area contributed by atoms with Crippen molar-refractivity contribution in [3.8, 4) is 5.75 Å². The minimum Gasteiger partial charge on any atom is -0.493 e. The first-order valence-corrected chi connectivity index (χ1v) is 6.75. The van der Waals surface area contributed by atoms with Gasteiger partial charge in [-0.25, -0.2) is 0 Å². The molecule has 106 valence electrons. The van der Waals surface area contributed by atoms with E-state index in [-0.39, 0.29) is 10.6 Å². The summed E-state index contributed by atoms with van der Waals surface area (Å²) in [6.45, 7) is 7.80. The zero-order valence-electron chi connectivity index (χ0n) is 11.9. The Morgan fingerprint density at radius 1 is 1.47 bits per heavy atom. The fourth-order valence-electron chi connectivity index (χ4n) is 1.76. The number of benzene rings is 1. The molecule has 0 amide bonds. The van der Waals surface area contributed by atoms with Crippen LogP contribution in [0.4, 0.5) is 5.69 Å². The van der Waals surface area contributed by atoms with Crippen LogP contribution in [-0.2, 0) is 0 Å². The SMILES string of the molecule is CC[C@@H](C)[NH2+]CCCOc1ccc([N+](=O)[O-])c(C)c1. The van der Waals surface area contributed by atoms with E-state index < -0.39 is 0 Å². The molecule has 0 saturated heterocycles. The summed E-state index contributed by atoms with van der Waals surface area (Å²) < 4.78 is 5.59. The molecule has 0 unspecified atom stereocenters. The first kappa shape index (κ1) is 15.4. The second kappa shape index (κ2) is 7.74. The van der Waals surface area contributed by atoms with Gasteiger partial charge in [0.15, 0.2) is 0 Å². The standard InChI is InChI=1S/C14H22N2O3/c1-4-12(3)15-8-5-9-19-13-6-7-14(16(17)18)11(2)10-13/h6-7,10,12,15H,4-5,8-9H2,1-3H3/p+1/t12-/m1/s1. The van der Waals surface area contributed by atoms with Crippen molar-refractivity contribution in [2.45, 2.75) is 39.7 Å². The van der Waals surface area contributed by atoms with E-state index in [0.717, 1.165) is 13.0 Å². The second-order valence-corrected chi connectivity index (χ2v) is 4.82. The van der Waals surface area contributed by atoms with Gasteiger partial charge in [0.1, 0.15) is 5.75 Å². The van der Waals surface area contributed by atoms with Gasteiger partial charge in [-0.15, -0.1) is 0 Å². The Labute approximate surface area is 114 Å². The lowest BCUT2D eigenvalue weighted by Crippen LogP contribution is -2.89. The molecule has 0 bridgehead atoms. The van der Waals surface area contributed by atoms with Crippen LogP contribution in [0.5, 0.6) is 5.75 Å². The molecular formula is C14H23N2O3+. The van der Waals surface area contributed by atoms with Gasteiger partial charge < -0.3 is 10.1 Å². The Bertz CT molecular complexity index is 421. The lowest BCUT2D eigenvalue weighted by Gasteiger charge is -2.09. The number of nitro groups is 1. The molecule has 1 aromatic rings. The van der Waals surface area contributed by atoms with Crippen LogP contribution < -0.4 is 10.1 Å². The van der Waals surface area contributed by atoms with Gasteiger partial charge in [-0.05, 0) is 32.4 Å². The highest BCUT2D eigenvalue weighted by molar-refractivity contribution is 5.44. The number of rotatable bonds is 8. The monoisotopic (exact) mass is 267 g/mol. The molecule has 0 radical (unpaired) electrons. The molecule has 1 atom stereocenters. The van der Waals surface area contributed by atoms with Crippen molar-refractivity contribution in [2.75, 3.05) is 13.2 Å². The minimum atomic E-state index is -0.375. The van der Waals surface area contributed by atoms with Crippen LogP contribution in [0.1, 0.15) is 32.3 Å². The summed E-state index contributed by atoms with van der Waals surface area (Å²) in [7, 11) is 0. The van der Waals surface area contributed by atoms with E-state index in [9.17, 15) is 10.1 Å². The van der Waals surface area contributed by atoms with E-state index in [1.807, 2.05) is 0 Å². The Kier molecular flexibility index (Phi) is 6.29. The molecular weight excluding hydrogens is 244 g/mol. The van der Waals surface area contributed by atoms with Crippen LogP contribution in [0.2, 0.25) is 0 Å². The fourth-order valence-corrected chi connectivity index (χ4v) is 1.76. The Hall–Kier alpha value is -1.62. The summed E-state index contributed by atoms with van der Waals surface area (Å²) in [5.74, 6) is 0.701. The number of ether oxygens (including phenoxy) is 1. The molecule has 0 aliphatic heterocycles. The van der Waals surface area contributed by atoms with Gasteiger partial charge in [0.2, 0.25) is 0 Å². The van der Waals surface area contributed by atoms with Crippen molar-refractivity contribution in [3.63, 3.8) is 0 Å². The number of quaternary nitrogens is 1. The van der Waals surface area contributed by atoms with Gasteiger partial charge >= 0.3 is 0 Å². The number of hydrogen-bond donors (Lipinski definition) is 1. The molecule has 2 N–H and O–H groups in total. The van der Waals surface area contributed by atoms with Crippen LogP contribution in [0.3, 0.4) is 0 Å². The Morgan fingerprint density at radius 3 is 2.79 bits per heavy atom. The molecule has 1 rings (SSSR count). The van der Waals surface area contributed by atoms with Crippen LogP contribution >= 0.6 is 0 Å². The summed E-state index contributed by atoms with van der Waals surface area (Å²) >= 11 is 0. The number of aryl methyl sites for hydroxylation is 1. The van der Waals surface area contributed by atoms with E-state index in [2.05, 4.69) is 19.2 Å². The van der Waals surface area contributed by atoms with E-state index in [1.54, 1.807) is 19.1 Å². The average molecular weight is 267 g/mol. The van der Waals surface area contributed by atoms with Gasteiger partial charge in [-0.3, -0.25) is 10.1 Å². The van der Waals surface area contributed by atoms with Crippen LogP contribution in [0.25, 0.3) is 0 Å². The topological polar surface area (TPSA) is 69.0 Å². The summed E-state index contributed by atoms with van der Waals surface area (Å²) in [5, 5.41) is 13.0. The van der Waals surface area contributed by atoms with Crippen molar-refractivity contribution < 1.29 is 15.0 Å². The molecule has 0 spiro atoms. The van der Waals surface area contributed by atoms with Crippen LogP contribution in [-0.4, -0.2) is 24.1 Å². The zero-order valence-corrected chi connectivity index (χ0v) is 11.9. The van der Waals surface area contributed by atoms with Crippen LogP contribution in [0.15, 0.2) is 18.2 Å². The molecule has 5 heteroatoms. The zero-order chi connectivity index (χ0) is 14.3. The molecule has 0 aromatic heterocycles. The summed E-state index contributed by atoms with van der Waals surface area (Å²) in [5.41, 5.74) is 0.770. The van der Waals surface area contributed by atoms with Crippen molar-refractivity contribution in [3.05, 3.63) is 33.9 Å². The van der Waals surface area contributed by atoms with E-state index in [0.29, 0.717) is 24.0 Å². The maximum atomic E-state index is 10.7. The van der Waals surface area contributed by atoms with Crippen molar-refractivity contribution in [1.82, 2.24) is 0 Å². The van der Waals surface area contributed by atoms with E-state index in [1.165, 1.54) is 12.5 Å². The first-order chi connectivity index (χ1) is 9.04. The van der Waals surface area contributed by atoms with Crippen molar-refractivity contribution in [2.24, 2.45) is 0 Å². The number of nitrogens with two attached hydrogens (primary N) is 1. The van der Waals surface area contributed by atoms with E-state index in [4.69, 9.17) is 4.74 Å². The molecule has 0 aliphatic carbocycles. The van der Waals surface area contributed by atoms with Crippen molar-refractivity contribution >= 4 is 5.69 Å².